The lowest BCUT2D eigenvalue weighted by atomic mass is 9.93. The van der Waals surface area contributed by atoms with Crippen LogP contribution in [0.25, 0.3) is 0 Å². The van der Waals surface area contributed by atoms with E-state index in [-0.39, 0.29) is 30.4 Å². The Morgan fingerprint density at radius 2 is 2.11 bits per heavy atom. The van der Waals surface area contributed by atoms with Gasteiger partial charge in [-0.05, 0) is 46.1 Å². The molecule has 0 aliphatic carbocycles. The number of nitrogens with zero attached hydrogens (tertiary/aromatic N) is 1. The summed E-state index contributed by atoms with van der Waals surface area (Å²) in [5.74, 6) is 0.528. The van der Waals surface area contributed by atoms with Crippen molar-refractivity contribution in [2.24, 2.45) is 5.92 Å². The van der Waals surface area contributed by atoms with E-state index in [4.69, 9.17) is 0 Å². The Bertz CT molecular complexity index is 318. The number of nitrogens with one attached hydrogen (secondary N) is 2. The minimum atomic E-state index is -0.129. The van der Waals surface area contributed by atoms with Gasteiger partial charge in [-0.15, -0.1) is 0 Å². The van der Waals surface area contributed by atoms with Gasteiger partial charge in [-0.1, -0.05) is 6.92 Å². The number of hydrogen-bond donors (Lipinski definition) is 2. The smallest absolute Gasteiger partial charge is 0.240 e. The number of amides is 2. The van der Waals surface area contributed by atoms with E-state index in [1.807, 2.05) is 20.8 Å². The predicted molar refractivity (Wildman–Crippen MR) is 75.7 cm³/mol. The standard InChI is InChI=1S/C14H27N3O2/c1-5-17(9-13(18)16-10(2)3)14(19)12-8-11(4)6-7-15-12/h10-12,15H,5-9H2,1-4H3,(H,16,18). The second-order valence-corrected chi connectivity index (χ2v) is 5.71. The molecule has 0 bridgehead atoms. The highest BCUT2D eigenvalue weighted by atomic mass is 16.2. The van der Waals surface area contributed by atoms with E-state index < -0.39 is 0 Å². The summed E-state index contributed by atoms with van der Waals surface area (Å²) in [7, 11) is 0. The molecular formula is C14H27N3O2. The van der Waals surface area contributed by atoms with E-state index in [1.54, 1.807) is 4.90 Å². The maximum absolute atomic E-state index is 12.4. The minimum absolute atomic E-state index is 0.0490. The van der Waals surface area contributed by atoms with Crippen LogP contribution >= 0.6 is 0 Å². The number of piperidine rings is 1. The topological polar surface area (TPSA) is 61.4 Å². The van der Waals surface area contributed by atoms with Gasteiger partial charge in [0, 0.05) is 12.6 Å². The van der Waals surface area contributed by atoms with Crippen molar-refractivity contribution < 1.29 is 9.59 Å². The lowest BCUT2D eigenvalue weighted by Crippen LogP contribution is -2.52. The Labute approximate surface area is 116 Å². The van der Waals surface area contributed by atoms with E-state index in [0.29, 0.717) is 12.5 Å². The average molecular weight is 269 g/mol. The third-order valence-electron chi connectivity index (χ3n) is 3.44. The molecule has 0 spiro atoms. The van der Waals surface area contributed by atoms with Crippen LogP contribution in [0.3, 0.4) is 0 Å². The zero-order chi connectivity index (χ0) is 14.4. The molecule has 2 atom stereocenters. The summed E-state index contributed by atoms with van der Waals surface area (Å²) < 4.78 is 0. The first-order valence-electron chi connectivity index (χ1n) is 7.25. The van der Waals surface area contributed by atoms with Crippen molar-refractivity contribution in [1.82, 2.24) is 15.5 Å². The van der Waals surface area contributed by atoms with E-state index in [2.05, 4.69) is 17.6 Å². The Balaban J connectivity index is 2.53. The predicted octanol–water partition coefficient (Wildman–Crippen LogP) is 0.748. The molecule has 110 valence electrons. The van der Waals surface area contributed by atoms with Crippen LogP contribution in [0.1, 0.15) is 40.5 Å². The molecule has 0 aromatic rings. The Hall–Kier alpha value is -1.10. The fourth-order valence-electron chi connectivity index (χ4n) is 2.40. The number of likely N-dealkylation sites (N-methyl/N-ethyl adjacent to an activating group) is 1. The summed E-state index contributed by atoms with van der Waals surface area (Å²) in [5, 5.41) is 6.08. The van der Waals surface area contributed by atoms with E-state index in [0.717, 1.165) is 19.4 Å². The molecule has 1 aliphatic rings. The van der Waals surface area contributed by atoms with Gasteiger partial charge in [0.05, 0.1) is 12.6 Å². The van der Waals surface area contributed by atoms with Gasteiger partial charge in [0.25, 0.3) is 0 Å². The lowest BCUT2D eigenvalue weighted by Gasteiger charge is -2.31. The highest BCUT2D eigenvalue weighted by Crippen LogP contribution is 2.16. The highest BCUT2D eigenvalue weighted by Gasteiger charge is 2.28. The molecule has 1 aliphatic heterocycles. The Morgan fingerprint density at radius 3 is 2.63 bits per heavy atom. The summed E-state index contributed by atoms with van der Waals surface area (Å²) in [6.07, 6.45) is 1.98. The second-order valence-electron chi connectivity index (χ2n) is 5.71. The first-order valence-corrected chi connectivity index (χ1v) is 7.25. The summed E-state index contributed by atoms with van der Waals surface area (Å²) in [6.45, 7) is 9.51. The van der Waals surface area contributed by atoms with Crippen LogP contribution in [0.5, 0.6) is 0 Å². The first kappa shape index (κ1) is 16.0. The van der Waals surface area contributed by atoms with Crippen molar-refractivity contribution in [2.45, 2.75) is 52.6 Å². The van der Waals surface area contributed by atoms with Gasteiger partial charge < -0.3 is 15.5 Å². The van der Waals surface area contributed by atoms with Crippen LogP contribution in [-0.2, 0) is 9.59 Å². The zero-order valence-corrected chi connectivity index (χ0v) is 12.5. The molecule has 2 amide bonds. The number of carbonyl (C=O) groups excluding carboxylic acids is 2. The number of hydrogen-bond acceptors (Lipinski definition) is 3. The summed E-state index contributed by atoms with van der Waals surface area (Å²) in [6, 6.07) is -0.0234. The molecule has 19 heavy (non-hydrogen) atoms. The normalized spacial score (nSPS) is 23.2. The molecule has 5 nitrogen and oxygen atoms in total. The molecule has 1 heterocycles. The molecule has 0 aromatic carbocycles. The van der Waals surface area contributed by atoms with Crippen LogP contribution in [-0.4, -0.2) is 48.4 Å². The van der Waals surface area contributed by atoms with E-state index >= 15 is 0 Å². The third-order valence-corrected chi connectivity index (χ3v) is 3.44. The fourth-order valence-corrected chi connectivity index (χ4v) is 2.40. The van der Waals surface area contributed by atoms with Gasteiger partial charge in [0.15, 0.2) is 0 Å². The van der Waals surface area contributed by atoms with Crippen molar-refractivity contribution in [1.29, 1.82) is 0 Å². The molecule has 0 aromatic heterocycles. The SMILES string of the molecule is CCN(CC(=O)NC(C)C)C(=O)C1CC(C)CCN1. The molecule has 2 unspecified atom stereocenters. The lowest BCUT2D eigenvalue weighted by molar-refractivity contribution is -0.138. The molecular weight excluding hydrogens is 242 g/mol. The van der Waals surface area contributed by atoms with Crippen molar-refractivity contribution in [2.75, 3.05) is 19.6 Å². The van der Waals surface area contributed by atoms with Crippen LogP contribution in [0.15, 0.2) is 0 Å². The highest BCUT2D eigenvalue weighted by molar-refractivity contribution is 5.87. The maximum atomic E-state index is 12.4. The summed E-state index contributed by atoms with van der Waals surface area (Å²) in [5.41, 5.74) is 0. The van der Waals surface area contributed by atoms with Gasteiger partial charge in [-0.25, -0.2) is 0 Å². The maximum Gasteiger partial charge on any atom is 0.240 e. The van der Waals surface area contributed by atoms with Crippen molar-refractivity contribution in [3.63, 3.8) is 0 Å². The van der Waals surface area contributed by atoms with E-state index in [9.17, 15) is 9.59 Å². The summed E-state index contributed by atoms with van der Waals surface area (Å²) >= 11 is 0. The van der Waals surface area contributed by atoms with E-state index in [1.165, 1.54) is 0 Å². The summed E-state index contributed by atoms with van der Waals surface area (Å²) in [4.78, 5) is 25.8. The third kappa shape index (κ3) is 5.19. The second kappa shape index (κ2) is 7.48. The van der Waals surface area contributed by atoms with Gasteiger partial charge in [0.2, 0.25) is 11.8 Å². The van der Waals surface area contributed by atoms with Crippen LogP contribution in [0.2, 0.25) is 0 Å². The van der Waals surface area contributed by atoms with Gasteiger partial charge in [-0.2, -0.15) is 0 Å². The quantitative estimate of drug-likeness (QED) is 0.774. The van der Waals surface area contributed by atoms with Crippen LogP contribution in [0.4, 0.5) is 0 Å². The Morgan fingerprint density at radius 1 is 1.42 bits per heavy atom. The van der Waals surface area contributed by atoms with Gasteiger partial charge >= 0.3 is 0 Å². The zero-order valence-electron chi connectivity index (χ0n) is 12.5. The van der Waals surface area contributed by atoms with Crippen molar-refractivity contribution >= 4 is 11.8 Å². The number of carbonyl (C=O) groups is 2. The molecule has 2 N–H and O–H groups in total. The molecule has 1 rings (SSSR count). The molecule has 0 radical (unpaired) electrons. The fraction of sp³-hybridized carbons (Fsp3) is 0.857. The van der Waals surface area contributed by atoms with Crippen LogP contribution in [0, 0.1) is 5.92 Å². The molecule has 1 fully saturated rings. The minimum Gasteiger partial charge on any atom is -0.352 e. The van der Waals surface area contributed by atoms with Crippen molar-refractivity contribution in [3.8, 4) is 0 Å². The average Bonchev–Trinajstić information content (AvgIpc) is 2.34. The van der Waals surface area contributed by atoms with Gasteiger partial charge in [0.1, 0.15) is 0 Å². The molecule has 0 saturated carbocycles. The van der Waals surface area contributed by atoms with Gasteiger partial charge in [-0.3, -0.25) is 9.59 Å². The first-order chi connectivity index (χ1) is 8.93. The Kier molecular flexibility index (Phi) is 6.28. The number of rotatable bonds is 5. The van der Waals surface area contributed by atoms with Crippen LogP contribution < -0.4 is 10.6 Å². The monoisotopic (exact) mass is 269 g/mol. The van der Waals surface area contributed by atoms with Crippen molar-refractivity contribution in [3.05, 3.63) is 0 Å². The largest absolute Gasteiger partial charge is 0.352 e. The molecule has 1 saturated heterocycles. The molecule has 5 heteroatoms.